The van der Waals surface area contributed by atoms with Crippen molar-refractivity contribution in [2.24, 2.45) is 0 Å². The largest absolute Gasteiger partial charge is 0.497 e. The molecular formula is C67H73N5O8S. The molecule has 81 heavy (non-hydrogen) atoms. The average molecular weight is 1110 g/mol. The van der Waals surface area contributed by atoms with Gasteiger partial charge in [-0.1, -0.05) is 152 Å². The summed E-state index contributed by atoms with van der Waals surface area (Å²) < 4.78 is 57.1. The third-order valence-electron chi connectivity index (χ3n) is 15.5. The zero-order valence-corrected chi connectivity index (χ0v) is 47.5. The van der Waals surface area contributed by atoms with E-state index in [1.807, 2.05) is 109 Å². The summed E-state index contributed by atoms with van der Waals surface area (Å²) in [5.74, 6) is 2.90. The standard InChI is InChI=1S/C67H73N5O8S/c1-77-62-32-24-51(25-33-62)40-58-48-69(45-56-18-10-6-11-19-56)60(42-53-28-36-64(79-3)37-29-53)50-71(81(75,76)67-23-15-14-22-66(67)72(73)74)61(43-54-30-38-65(80-4)39-31-54)49-70(46-57-20-12-7-13-21-57)59(41-52-26-34-63(78-2)35-27-52)47-68(58)44-55-16-8-5-9-17-55/h5-39,58-61H,40-50H2,1-4H3/t58-,59-,60-,61-/m0/s1. The van der Waals surface area contributed by atoms with Gasteiger partial charge in [0.25, 0.3) is 5.69 Å². The molecule has 8 aromatic carbocycles. The fourth-order valence-corrected chi connectivity index (χ4v) is 13.0. The highest BCUT2D eigenvalue weighted by atomic mass is 32.2. The van der Waals surface area contributed by atoms with Crippen molar-refractivity contribution >= 4 is 15.7 Å². The summed E-state index contributed by atoms with van der Waals surface area (Å²) in [5.41, 5.74) is 6.93. The van der Waals surface area contributed by atoms with Crippen LogP contribution in [0.1, 0.15) is 38.9 Å². The Kier molecular flexibility index (Phi) is 20.0. The molecule has 1 heterocycles. The summed E-state index contributed by atoms with van der Waals surface area (Å²) in [5, 5.41) is 13.1. The zero-order valence-electron chi connectivity index (χ0n) is 46.7. The van der Waals surface area contributed by atoms with Gasteiger partial charge in [-0.3, -0.25) is 24.8 Å². The van der Waals surface area contributed by atoms with E-state index in [2.05, 4.69) is 93.6 Å². The lowest BCUT2D eigenvalue weighted by Gasteiger charge is -2.46. The van der Waals surface area contributed by atoms with E-state index in [9.17, 15) is 10.1 Å². The lowest BCUT2D eigenvalue weighted by Crippen LogP contribution is -2.59. The van der Waals surface area contributed by atoms with E-state index < -0.39 is 32.7 Å². The number of nitrogens with zero attached hydrogens (tertiary/aromatic N) is 5. The van der Waals surface area contributed by atoms with Crippen molar-refractivity contribution in [3.8, 4) is 23.0 Å². The first-order valence-electron chi connectivity index (χ1n) is 27.6. The van der Waals surface area contributed by atoms with Gasteiger partial charge in [-0.05, 0) is 119 Å². The topological polar surface area (TPSA) is 127 Å². The second-order valence-electron chi connectivity index (χ2n) is 20.9. The third kappa shape index (κ3) is 15.5. The minimum absolute atomic E-state index is 0.00959. The van der Waals surface area contributed by atoms with Gasteiger partial charge in [-0.15, -0.1) is 0 Å². The van der Waals surface area contributed by atoms with Crippen LogP contribution < -0.4 is 18.9 Å². The summed E-state index contributed by atoms with van der Waals surface area (Å²) in [7, 11) is 1.93. The molecule has 1 saturated heterocycles. The Hall–Kier alpha value is -7.85. The average Bonchev–Trinajstić information content (AvgIpc) is 3.52. The lowest BCUT2D eigenvalue weighted by molar-refractivity contribution is -0.387. The number of rotatable bonds is 21. The third-order valence-corrected chi connectivity index (χ3v) is 17.5. The maximum Gasteiger partial charge on any atom is 0.289 e. The molecule has 0 unspecified atom stereocenters. The molecular weight excluding hydrogens is 1030 g/mol. The first-order valence-corrected chi connectivity index (χ1v) is 29.0. The van der Waals surface area contributed by atoms with Crippen LogP contribution in [0.25, 0.3) is 0 Å². The lowest BCUT2D eigenvalue weighted by atomic mass is 9.95. The maximum atomic E-state index is 16.4. The van der Waals surface area contributed by atoms with Gasteiger partial charge in [-0.2, -0.15) is 4.31 Å². The Morgan fingerprint density at radius 1 is 0.383 bits per heavy atom. The van der Waals surface area contributed by atoms with Gasteiger partial charge in [0.1, 0.15) is 23.0 Å². The number of nitro benzene ring substituents is 1. The number of hydrogen-bond acceptors (Lipinski definition) is 11. The number of hydrogen-bond donors (Lipinski definition) is 0. The Morgan fingerprint density at radius 3 is 0.988 bits per heavy atom. The van der Waals surface area contributed by atoms with Crippen molar-refractivity contribution in [1.82, 2.24) is 19.0 Å². The molecule has 13 nitrogen and oxygen atoms in total. The molecule has 4 atom stereocenters. The molecule has 420 valence electrons. The summed E-state index contributed by atoms with van der Waals surface area (Å²) in [4.78, 5) is 19.7. The molecule has 0 aromatic heterocycles. The Bertz CT molecular complexity index is 3280. The number of sulfonamides is 1. The quantitative estimate of drug-likeness (QED) is 0.0504. The fraction of sp³-hybridized carbons (Fsp3) is 0.284. The second-order valence-corrected chi connectivity index (χ2v) is 22.7. The van der Waals surface area contributed by atoms with Gasteiger partial charge >= 0.3 is 0 Å². The van der Waals surface area contributed by atoms with Crippen LogP contribution >= 0.6 is 0 Å². The van der Waals surface area contributed by atoms with Crippen LogP contribution in [-0.2, 0) is 55.3 Å². The van der Waals surface area contributed by atoms with E-state index in [1.165, 1.54) is 23.8 Å². The van der Waals surface area contributed by atoms with E-state index in [0.717, 1.165) is 44.9 Å². The molecule has 1 fully saturated rings. The summed E-state index contributed by atoms with van der Waals surface area (Å²) in [6.45, 7) is 2.96. The highest BCUT2D eigenvalue weighted by molar-refractivity contribution is 7.89. The molecule has 14 heteroatoms. The highest BCUT2D eigenvalue weighted by Gasteiger charge is 2.42. The molecule has 0 spiro atoms. The van der Waals surface area contributed by atoms with Crippen LogP contribution in [0.3, 0.4) is 0 Å². The Balaban J connectivity index is 1.33. The van der Waals surface area contributed by atoms with E-state index in [-0.39, 0.29) is 36.5 Å². The molecule has 1 aliphatic rings. The van der Waals surface area contributed by atoms with Crippen LogP contribution in [0, 0.1) is 10.1 Å². The van der Waals surface area contributed by atoms with Crippen LogP contribution in [0.4, 0.5) is 5.69 Å². The highest BCUT2D eigenvalue weighted by Crippen LogP contribution is 2.33. The molecule has 0 aliphatic carbocycles. The minimum Gasteiger partial charge on any atom is -0.497 e. The van der Waals surface area contributed by atoms with Crippen molar-refractivity contribution < 1.29 is 32.3 Å². The number of methoxy groups -OCH3 is 4. The van der Waals surface area contributed by atoms with Crippen molar-refractivity contribution in [2.75, 3.05) is 54.6 Å². The van der Waals surface area contributed by atoms with E-state index in [1.54, 1.807) is 38.8 Å². The van der Waals surface area contributed by atoms with Gasteiger partial charge in [0.15, 0.2) is 4.90 Å². The van der Waals surface area contributed by atoms with Crippen molar-refractivity contribution in [1.29, 1.82) is 0 Å². The number of nitro groups is 1. The smallest absolute Gasteiger partial charge is 0.289 e. The number of benzene rings is 8. The molecule has 1 aliphatic heterocycles. The monoisotopic (exact) mass is 1110 g/mol. The number of para-hydroxylation sites is 1. The van der Waals surface area contributed by atoms with E-state index in [4.69, 9.17) is 18.9 Å². The predicted molar refractivity (Wildman–Crippen MR) is 319 cm³/mol. The summed E-state index contributed by atoms with van der Waals surface area (Å²) in [6, 6.07) is 67.8. The van der Waals surface area contributed by atoms with Crippen LogP contribution in [0.5, 0.6) is 23.0 Å². The minimum atomic E-state index is -4.68. The van der Waals surface area contributed by atoms with Gasteiger partial charge in [0.05, 0.1) is 33.4 Å². The van der Waals surface area contributed by atoms with Crippen LogP contribution in [0.15, 0.2) is 217 Å². The Labute approximate surface area is 478 Å². The fourth-order valence-electron chi connectivity index (χ4n) is 11.2. The molecule has 0 saturated carbocycles. The van der Waals surface area contributed by atoms with Gasteiger partial charge in [0, 0.05) is 76.0 Å². The van der Waals surface area contributed by atoms with Gasteiger partial charge < -0.3 is 18.9 Å². The van der Waals surface area contributed by atoms with Crippen LogP contribution in [-0.4, -0.2) is 111 Å². The first kappa shape index (κ1) is 57.8. The molecule has 8 aromatic rings. The molecule has 0 N–H and O–H groups in total. The zero-order chi connectivity index (χ0) is 56.6. The van der Waals surface area contributed by atoms with Crippen molar-refractivity contribution in [3.63, 3.8) is 0 Å². The summed E-state index contributed by atoms with van der Waals surface area (Å²) in [6.07, 6.45) is 1.99. The molecule has 0 amide bonds. The predicted octanol–water partition coefficient (Wildman–Crippen LogP) is 11.6. The SMILES string of the molecule is COc1ccc(C[C@H]2CN(Cc3ccccc3)[C@@H](Cc3ccc(OC)cc3)CN(S(=O)(=O)c3ccccc3[N+](=O)[O-])[C@@H](Cc3ccc(OC)cc3)CN(Cc3ccccc3)[C@@H](Cc3ccc(OC)cc3)CN2Cc2ccccc2)cc1. The van der Waals surface area contributed by atoms with Crippen LogP contribution in [0.2, 0.25) is 0 Å². The van der Waals surface area contributed by atoms with Gasteiger partial charge in [0.2, 0.25) is 10.0 Å². The van der Waals surface area contributed by atoms with E-state index in [0.29, 0.717) is 63.5 Å². The molecule has 0 bridgehead atoms. The first-order chi connectivity index (χ1) is 39.5. The number of ether oxygens (including phenoxy) is 4. The second kappa shape index (κ2) is 28.0. The Morgan fingerprint density at radius 2 is 0.667 bits per heavy atom. The van der Waals surface area contributed by atoms with Crippen molar-refractivity contribution in [2.45, 2.75) is 74.4 Å². The summed E-state index contributed by atoms with van der Waals surface area (Å²) >= 11 is 0. The maximum absolute atomic E-state index is 16.4. The van der Waals surface area contributed by atoms with Crippen molar-refractivity contribution in [3.05, 3.63) is 261 Å². The van der Waals surface area contributed by atoms with E-state index >= 15 is 8.42 Å². The van der Waals surface area contributed by atoms with Gasteiger partial charge in [-0.25, -0.2) is 8.42 Å². The normalized spacial score (nSPS) is 18.0. The molecule has 0 radical (unpaired) electrons. The molecule has 9 rings (SSSR count).